The van der Waals surface area contributed by atoms with Crippen LogP contribution in [0.5, 0.6) is 0 Å². The lowest BCUT2D eigenvalue weighted by molar-refractivity contribution is 0.0222. The molecule has 5 nitrogen and oxygen atoms in total. The smallest absolute Gasteiger partial charge is 0.410 e. The summed E-state index contributed by atoms with van der Waals surface area (Å²) in [5.74, 6) is 0. The van der Waals surface area contributed by atoms with Crippen molar-refractivity contribution in [3.63, 3.8) is 0 Å². The van der Waals surface area contributed by atoms with Gasteiger partial charge in [0.2, 0.25) is 0 Å². The summed E-state index contributed by atoms with van der Waals surface area (Å²) in [4.78, 5) is 26.5. The monoisotopic (exact) mass is 320 g/mol. The second-order valence-electron chi connectivity index (χ2n) is 8.32. The number of fused-ring (bicyclic) bond motifs is 1. The zero-order valence-electron chi connectivity index (χ0n) is 15.3. The fourth-order valence-electron chi connectivity index (χ4n) is 2.92. The molecule has 23 heavy (non-hydrogen) atoms. The molecule has 1 amide bonds. The van der Waals surface area contributed by atoms with Gasteiger partial charge in [0.1, 0.15) is 5.60 Å². The molecule has 0 saturated heterocycles. The number of rotatable bonds is 0. The second-order valence-corrected chi connectivity index (χ2v) is 8.32. The number of ether oxygens (including phenoxy) is 1. The van der Waals surface area contributed by atoms with Gasteiger partial charge in [0.25, 0.3) is 5.56 Å². The highest BCUT2D eigenvalue weighted by Crippen LogP contribution is 2.30. The minimum atomic E-state index is -0.517. The van der Waals surface area contributed by atoms with E-state index in [1.165, 1.54) is 0 Å². The highest BCUT2D eigenvalue weighted by atomic mass is 16.6. The van der Waals surface area contributed by atoms with E-state index in [9.17, 15) is 9.59 Å². The Morgan fingerprint density at radius 2 is 1.74 bits per heavy atom. The van der Waals surface area contributed by atoms with E-state index in [-0.39, 0.29) is 17.1 Å². The maximum atomic E-state index is 12.4. The van der Waals surface area contributed by atoms with Crippen molar-refractivity contribution in [3.8, 4) is 0 Å². The Morgan fingerprint density at radius 1 is 1.13 bits per heavy atom. The van der Waals surface area contributed by atoms with Crippen molar-refractivity contribution in [1.82, 2.24) is 9.47 Å². The number of carbonyl (C=O) groups is 1. The second kappa shape index (κ2) is 5.69. The molecule has 5 heteroatoms. The fraction of sp³-hybridized carbons (Fsp3) is 0.667. The quantitative estimate of drug-likeness (QED) is 0.738. The minimum absolute atomic E-state index is 0.0387. The summed E-state index contributed by atoms with van der Waals surface area (Å²) in [5.41, 5.74) is 2.36. The summed E-state index contributed by atoms with van der Waals surface area (Å²) in [7, 11) is 1.79. The van der Waals surface area contributed by atoms with Gasteiger partial charge in [-0.25, -0.2) is 4.79 Å². The first-order valence-electron chi connectivity index (χ1n) is 8.10. The van der Waals surface area contributed by atoms with Gasteiger partial charge in [-0.3, -0.25) is 4.79 Å². The third-order valence-corrected chi connectivity index (χ3v) is 4.03. The lowest BCUT2D eigenvalue weighted by atomic mass is 9.82. The van der Waals surface area contributed by atoms with E-state index in [0.717, 1.165) is 16.7 Å². The van der Waals surface area contributed by atoms with Gasteiger partial charge in [0, 0.05) is 31.9 Å². The van der Waals surface area contributed by atoms with Crippen LogP contribution >= 0.6 is 0 Å². The van der Waals surface area contributed by atoms with E-state index in [1.807, 2.05) is 27.0 Å². The third kappa shape index (κ3) is 3.77. The SMILES string of the molecule is Cn1cc(C(C)(C)C)c2c(c1=O)CCN(C(=O)OC(C)(C)C)C2. The van der Waals surface area contributed by atoms with Crippen molar-refractivity contribution in [3.05, 3.63) is 33.2 Å². The molecule has 0 radical (unpaired) electrons. The fourth-order valence-corrected chi connectivity index (χ4v) is 2.92. The van der Waals surface area contributed by atoms with Crippen LogP contribution in [0.4, 0.5) is 4.79 Å². The van der Waals surface area contributed by atoms with Gasteiger partial charge in [-0.15, -0.1) is 0 Å². The van der Waals surface area contributed by atoms with Gasteiger partial charge in [0.05, 0.1) is 0 Å². The predicted octanol–water partition coefficient (Wildman–Crippen LogP) is 2.98. The molecule has 2 rings (SSSR count). The standard InChI is InChI=1S/C18H28N2O3/c1-17(2,3)14-11-19(7)15(21)12-8-9-20(10-13(12)14)16(22)23-18(4,5)6/h11H,8-10H2,1-7H3. The number of amides is 1. The molecular weight excluding hydrogens is 292 g/mol. The summed E-state index contributed by atoms with van der Waals surface area (Å²) in [6.07, 6.45) is 2.16. The van der Waals surface area contributed by atoms with E-state index in [1.54, 1.807) is 16.5 Å². The highest BCUT2D eigenvalue weighted by molar-refractivity contribution is 5.69. The van der Waals surface area contributed by atoms with Crippen molar-refractivity contribution in [2.45, 2.75) is 65.5 Å². The van der Waals surface area contributed by atoms with Crippen molar-refractivity contribution < 1.29 is 9.53 Å². The topological polar surface area (TPSA) is 51.5 Å². The van der Waals surface area contributed by atoms with Crippen LogP contribution in [-0.2, 0) is 30.2 Å². The predicted molar refractivity (Wildman–Crippen MR) is 90.7 cm³/mol. The van der Waals surface area contributed by atoms with Crippen LogP contribution in [0.15, 0.2) is 11.0 Å². The lowest BCUT2D eigenvalue weighted by Gasteiger charge is -2.34. The first kappa shape index (κ1) is 17.6. The molecule has 1 aromatic heterocycles. The van der Waals surface area contributed by atoms with Gasteiger partial charge in [-0.05, 0) is 43.7 Å². The average molecular weight is 320 g/mol. The Labute approximate surface area is 138 Å². The molecule has 0 fully saturated rings. The van der Waals surface area contributed by atoms with E-state index in [2.05, 4.69) is 20.8 Å². The zero-order valence-corrected chi connectivity index (χ0v) is 15.3. The molecule has 0 aliphatic carbocycles. The maximum absolute atomic E-state index is 12.4. The molecule has 1 aromatic rings. The summed E-state index contributed by atoms with van der Waals surface area (Å²) < 4.78 is 7.13. The summed E-state index contributed by atoms with van der Waals surface area (Å²) in [6.45, 7) is 12.9. The van der Waals surface area contributed by atoms with Crippen LogP contribution < -0.4 is 5.56 Å². The maximum Gasteiger partial charge on any atom is 0.410 e. The summed E-state index contributed by atoms with van der Waals surface area (Å²) in [6, 6.07) is 0. The average Bonchev–Trinajstić information content (AvgIpc) is 2.39. The van der Waals surface area contributed by atoms with Crippen molar-refractivity contribution in [1.29, 1.82) is 0 Å². The zero-order chi connectivity index (χ0) is 17.6. The van der Waals surface area contributed by atoms with Gasteiger partial charge in [0.15, 0.2) is 0 Å². The van der Waals surface area contributed by atoms with Crippen molar-refractivity contribution >= 4 is 6.09 Å². The molecule has 0 N–H and O–H groups in total. The van der Waals surface area contributed by atoms with Crippen LogP contribution in [-0.4, -0.2) is 27.7 Å². The molecule has 0 saturated carbocycles. The molecule has 128 valence electrons. The van der Waals surface area contributed by atoms with E-state index in [4.69, 9.17) is 4.74 Å². The molecule has 2 heterocycles. The number of hydrogen-bond acceptors (Lipinski definition) is 3. The molecule has 1 aliphatic rings. The van der Waals surface area contributed by atoms with Crippen molar-refractivity contribution in [2.75, 3.05) is 6.54 Å². The first-order valence-corrected chi connectivity index (χ1v) is 8.10. The molecule has 1 aliphatic heterocycles. The molecule has 0 unspecified atom stereocenters. The van der Waals surface area contributed by atoms with Crippen LogP contribution in [0.1, 0.15) is 58.2 Å². The number of carbonyl (C=O) groups excluding carboxylic acids is 1. The van der Waals surface area contributed by atoms with Crippen LogP contribution in [0.3, 0.4) is 0 Å². The number of hydrogen-bond donors (Lipinski definition) is 0. The van der Waals surface area contributed by atoms with Crippen LogP contribution in [0.25, 0.3) is 0 Å². The Morgan fingerprint density at radius 3 is 2.26 bits per heavy atom. The van der Waals surface area contributed by atoms with E-state index in [0.29, 0.717) is 19.5 Å². The number of aromatic nitrogens is 1. The van der Waals surface area contributed by atoms with E-state index < -0.39 is 5.60 Å². The van der Waals surface area contributed by atoms with E-state index >= 15 is 0 Å². The van der Waals surface area contributed by atoms with Gasteiger partial charge >= 0.3 is 6.09 Å². The third-order valence-electron chi connectivity index (χ3n) is 4.03. The molecule has 0 bridgehead atoms. The lowest BCUT2D eigenvalue weighted by Crippen LogP contribution is -2.43. The molecule has 0 aromatic carbocycles. The Hall–Kier alpha value is -1.78. The first-order chi connectivity index (χ1) is 10.4. The summed E-state index contributed by atoms with van der Waals surface area (Å²) in [5, 5.41) is 0. The Balaban J connectivity index is 2.42. The van der Waals surface area contributed by atoms with Crippen molar-refractivity contribution in [2.24, 2.45) is 7.05 Å². The number of aryl methyl sites for hydroxylation is 1. The Bertz CT molecular complexity index is 675. The normalized spacial score (nSPS) is 15.3. The molecular formula is C18H28N2O3. The summed E-state index contributed by atoms with van der Waals surface area (Å²) >= 11 is 0. The van der Waals surface area contributed by atoms with Gasteiger partial charge < -0.3 is 14.2 Å². The largest absolute Gasteiger partial charge is 0.444 e. The number of pyridine rings is 1. The minimum Gasteiger partial charge on any atom is -0.444 e. The highest BCUT2D eigenvalue weighted by Gasteiger charge is 2.31. The molecule has 0 spiro atoms. The van der Waals surface area contributed by atoms with Crippen LogP contribution in [0.2, 0.25) is 0 Å². The number of nitrogens with zero attached hydrogens (tertiary/aromatic N) is 2. The van der Waals surface area contributed by atoms with Gasteiger partial charge in [-0.1, -0.05) is 20.8 Å². The molecule has 0 atom stereocenters. The van der Waals surface area contributed by atoms with Gasteiger partial charge in [-0.2, -0.15) is 0 Å². The Kier molecular flexibility index (Phi) is 4.35. The van der Waals surface area contributed by atoms with Crippen LogP contribution in [0, 0.1) is 0 Å².